The molecule has 1 unspecified atom stereocenters. The molecule has 112 valence electrons. The van der Waals surface area contributed by atoms with E-state index in [4.69, 9.17) is 0 Å². The molecule has 1 saturated carbocycles. The van der Waals surface area contributed by atoms with Crippen molar-refractivity contribution in [1.82, 2.24) is 0 Å². The van der Waals surface area contributed by atoms with Gasteiger partial charge in [0.1, 0.15) is 0 Å². The molecule has 1 aromatic rings. The Bertz CT molecular complexity index is 515. The number of allylic oxidation sites excluding steroid dienone is 4. The van der Waals surface area contributed by atoms with Gasteiger partial charge in [-0.2, -0.15) is 0 Å². The molecule has 0 bridgehead atoms. The van der Waals surface area contributed by atoms with Crippen LogP contribution in [0.5, 0.6) is 0 Å². The summed E-state index contributed by atoms with van der Waals surface area (Å²) in [6, 6.07) is 8.66. The lowest BCUT2D eigenvalue weighted by Crippen LogP contribution is -2.21. The predicted molar refractivity (Wildman–Crippen MR) is 95.1 cm³/mol. The first-order valence-corrected chi connectivity index (χ1v) is 9.20. The minimum atomic E-state index is 0.780. The van der Waals surface area contributed by atoms with Crippen LogP contribution < -0.4 is 0 Å². The van der Waals surface area contributed by atoms with Gasteiger partial charge in [-0.3, -0.25) is 0 Å². The average Bonchev–Trinajstić information content (AvgIpc) is 2.56. The van der Waals surface area contributed by atoms with Crippen LogP contribution in [-0.2, 0) is 0 Å². The molecule has 0 heterocycles. The first kappa shape index (κ1) is 15.1. The van der Waals surface area contributed by atoms with Crippen molar-refractivity contribution in [3.63, 3.8) is 0 Å². The third-order valence-corrected chi connectivity index (χ3v) is 5.91. The fraction of sp³-hybridized carbons (Fsp3) is 0.500. The van der Waals surface area contributed by atoms with E-state index in [1.807, 2.05) is 0 Å². The Hall–Kier alpha value is -0.820. The van der Waals surface area contributed by atoms with Gasteiger partial charge >= 0.3 is 0 Å². The quantitative estimate of drug-likeness (QED) is 0.577. The molecule has 1 aromatic carbocycles. The molecule has 3 rings (SSSR count). The van der Waals surface area contributed by atoms with E-state index in [0.29, 0.717) is 0 Å². The van der Waals surface area contributed by atoms with Gasteiger partial charge in [-0.05, 0) is 60.3 Å². The Morgan fingerprint density at radius 2 is 1.76 bits per heavy atom. The minimum Gasteiger partial charge on any atom is -0.0802 e. The third kappa shape index (κ3) is 3.69. The molecule has 2 aliphatic rings. The second kappa shape index (κ2) is 6.96. The van der Waals surface area contributed by atoms with Crippen molar-refractivity contribution in [2.24, 2.45) is 17.8 Å². The van der Waals surface area contributed by atoms with Gasteiger partial charge in [0.15, 0.2) is 0 Å². The molecule has 0 spiro atoms. The predicted octanol–water partition coefficient (Wildman–Crippen LogP) is 6.63. The molecule has 21 heavy (non-hydrogen) atoms. The van der Waals surface area contributed by atoms with Crippen molar-refractivity contribution in [3.8, 4) is 0 Å². The molecule has 0 saturated heterocycles. The Labute approximate surface area is 137 Å². The highest BCUT2D eigenvalue weighted by molar-refractivity contribution is 9.10. The lowest BCUT2D eigenvalue weighted by molar-refractivity contribution is 0.226. The Morgan fingerprint density at radius 3 is 2.33 bits per heavy atom. The summed E-state index contributed by atoms with van der Waals surface area (Å²) < 4.78 is 1.15. The molecule has 1 fully saturated rings. The number of hydrogen-bond donors (Lipinski definition) is 0. The molecule has 0 aliphatic heterocycles. The van der Waals surface area contributed by atoms with Crippen LogP contribution in [0.2, 0.25) is 0 Å². The van der Waals surface area contributed by atoms with Gasteiger partial charge in [0.25, 0.3) is 0 Å². The van der Waals surface area contributed by atoms with E-state index in [2.05, 4.69) is 65.3 Å². The largest absolute Gasteiger partial charge is 0.0802 e. The first-order valence-electron chi connectivity index (χ1n) is 8.40. The topological polar surface area (TPSA) is 0 Å². The number of halogens is 1. The number of rotatable bonds is 3. The van der Waals surface area contributed by atoms with E-state index in [-0.39, 0.29) is 0 Å². The van der Waals surface area contributed by atoms with E-state index in [0.717, 1.165) is 22.2 Å². The molecular weight excluding hydrogens is 320 g/mol. The monoisotopic (exact) mass is 344 g/mol. The van der Waals surface area contributed by atoms with Gasteiger partial charge in [-0.1, -0.05) is 72.5 Å². The van der Waals surface area contributed by atoms with Crippen LogP contribution in [-0.4, -0.2) is 0 Å². The van der Waals surface area contributed by atoms with E-state index in [1.54, 1.807) is 0 Å². The smallest absolute Gasteiger partial charge is 0.0175 e. The van der Waals surface area contributed by atoms with Gasteiger partial charge < -0.3 is 0 Å². The van der Waals surface area contributed by atoms with Crippen LogP contribution in [0.1, 0.15) is 51.0 Å². The molecule has 2 aliphatic carbocycles. The zero-order valence-corrected chi connectivity index (χ0v) is 14.5. The second-order valence-corrected chi connectivity index (χ2v) is 7.53. The summed E-state index contributed by atoms with van der Waals surface area (Å²) in [5.41, 5.74) is 2.73. The van der Waals surface area contributed by atoms with Crippen molar-refractivity contribution in [2.45, 2.75) is 45.4 Å². The summed E-state index contributed by atoms with van der Waals surface area (Å²) in [5, 5.41) is 0. The highest BCUT2D eigenvalue weighted by atomic mass is 79.9. The molecule has 0 radical (unpaired) electrons. The summed E-state index contributed by atoms with van der Waals surface area (Å²) in [6.45, 7) is 2.35. The van der Waals surface area contributed by atoms with Crippen LogP contribution in [0.4, 0.5) is 0 Å². The molecule has 0 aromatic heterocycles. The molecule has 0 N–H and O–H groups in total. The fourth-order valence-electron chi connectivity index (χ4n) is 3.87. The van der Waals surface area contributed by atoms with E-state index < -0.39 is 0 Å². The van der Waals surface area contributed by atoms with Gasteiger partial charge in [-0.25, -0.2) is 0 Å². The van der Waals surface area contributed by atoms with Crippen molar-refractivity contribution in [3.05, 3.63) is 52.5 Å². The van der Waals surface area contributed by atoms with Crippen molar-refractivity contribution < 1.29 is 0 Å². The minimum absolute atomic E-state index is 0.780. The summed E-state index contributed by atoms with van der Waals surface area (Å²) in [6.07, 6.45) is 15.7. The van der Waals surface area contributed by atoms with Gasteiger partial charge in [0.05, 0.1) is 0 Å². The lowest BCUT2D eigenvalue weighted by atomic mass is 9.73. The second-order valence-electron chi connectivity index (χ2n) is 6.61. The lowest BCUT2D eigenvalue weighted by Gasteiger charge is -2.33. The third-order valence-electron chi connectivity index (χ3n) is 5.38. The van der Waals surface area contributed by atoms with Crippen molar-refractivity contribution in [2.75, 3.05) is 0 Å². The standard InChI is InChI=1S/C20H25Br/c1-2-15-3-5-16(6-4-15)17-7-9-18(10-8-17)19-11-13-20(21)14-12-19/h7,9-17H,2-6,8H2,1H3/t15-,16-,17?. The van der Waals surface area contributed by atoms with E-state index in [1.165, 1.54) is 49.7 Å². The molecule has 0 nitrogen and oxygen atoms in total. The summed E-state index contributed by atoms with van der Waals surface area (Å²) in [5.74, 6) is 2.71. The van der Waals surface area contributed by atoms with Gasteiger partial charge in [0, 0.05) is 4.47 Å². The number of hydrogen-bond acceptors (Lipinski definition) is 0. The summed E-state index contributed by atoms with van der Waals surface area (Å²) in [4.78, 5) is 0. The first-order chi connectivity index (χ1) is 10.3. The number of benzene rings is 1. The Balaban J connectivity index is 1.60. The normalized spacial score (nSPS) is 29.2. The van der Waals surface area contributed by atoms with Crippen LogP contribution in [0, 0.1) is 17.8 Å². The molecule has 1 atom stereocenters. The Kier molecular flexibility index (Phi) is 5.00. The van der Waals surface area contributed by atoms with Gasteiger partial charge in [-0.15, -0.1) is 0 Å². The SMILES string of the molecule is CC[C@H]1CC[C@H](C2C=CC(c3ccc(Br)cc3)=CC2)CC1. The zero-order chi connectivity index (χ0) is 14.7. The van der Waals surface area contributed by atoms with E-state index >= 15 is 0 Å². The van der Waals surface area contributed by atoms with Crippen LogP contribution in [0.15, 0.2) is 47.0 Å². The molecule has 1 heteroatoms. The van der Waals surface area contributed by atoms with Crippen LogP contribution in [0.25, 0.3) is 5.57 Å². The maximum Gasteiger partial charge on any atom is 0.0175 e. The highest BCUT2D eigenvalue weighted by Gasteiger charge is 2.26. The maximum absolute atomic E-state index is 3.50. The summed E-state index contributed by atoms with van der Waals surface area (Å²) >= 11 is 3.50. The molecule has 0 amide bonds. The van der Waals surface area contributed by atoms with Crippen molar-refractivity contribution >= 4 is 21.5 Å². The Morgan fingerprint density at radius 1 is 1.05 bits per heavy atom. The average molecular weight is 345 g/mol. The van der Waals surface area contributed by atoms with Crippen LogP contribution in [0.3, 0.4) is 0 Å². The zero-order valence-electron chi connectivity index (χ0n) is 12.9. The van der Waals surface area contributed by atoms with Gasteiger partial charge in [0.2, 0.25) is 0 Å². The van der Waals surface area contributed by atoms with Crippen molar-refractivity contribution in [1.29, 1.82) is 0 Å². The maximum atomic E-state index is 3.50. The summed E-state index contributed by atoms with van der Waals surface area (Å²) in [7, 11) is 0. The van der Waals surface area contributed by atoms with Crippen LogP contribution >= 0.6 is 15.9 Å². The highest BCUT2D eigenvalue weighted by Crippen LogP contribution is 2.39. The fourth-order valence-corrected chi connectivity index (χ4v) is 4.13. The molecular formula is C20H25Br. The van der Waals surface area contributed by atoms with E-state index in [9.17, 15) is 0 Å².